The fourth-order valence-corrected chi connectivity index (χ4v) is 2.28. The Morgan fingerprint density at radius 2 is 2.20 bits per heavy atom. The van der Waals surface area contributed by atoms with Crippen LogP contribution in [-0.4, -0.2) is 49.8 Å². The summed E-state index contributed by atoms with van der Waals surface area (Å²) in [5.41, 5.74) is 0. The molecule has 1 aliphatic rings. The van der Waals surface area contributed by atoms with E-state index in [4.69, 9.17) is 4.74 Å². The molecule has 1 N–H and O–H groups in total. The highest BCUT2D eigenvalue weighted by Crippen LogP contribution is 2.17. The molecule has 90 valence electrons. The van der Waals surface area contributed by atoms with Crippen molar-refractivity contribution in [2.45, 2.75) is 51.8 Å². The zero-order chi connectivity index (χ0) is 11.3. The number of nitrogens with one attached hydrogen (secondary N) is 1. The molecule has 15 heavy (non-hydrogen) atoms. The molecule has 0 radical (unpaired) electrons. The molecule has 0 aromatic rings. The summed E-state index contributed by atoms with van der Waals surface area (Å²) in [4.78, 5) is 2.59. The summed E-state index contributed by atoms with van der Waals surface area (Å²) in [6, 6.07) is 1.26. The highest BCUT2D eigenvalue weighted by molar-refractivity contribution is 4.79. The van der Waals surface area contributed by atoms with Gasteiger partial charge in [0.2, 0.25) is 0 Å². The lowest BCUT2D eigenvalue weighted by atomic mass is 10.1. The number of hydrogen-bond acceptors (Lipinski definition) is 3. The van der Waals surface area contributed by atoms with Crippen LogP contribution in [0.4, 0.5) is 0 Å². The topological polar surface area (TPSA) is 24.5 Å². The molecular weight excluding hydrogens is 188 g/mol. The molecular formula is C12H26N2O. The molecule has 3 nitrogen and oxygen atoms in total. The van der Waals surface area contributed by atoms with Gasteiger partial charge in [0, 0.05) is 18.6 Å². The minimum Gasteiger partial charge on any atom is -0.376 e. The van der Waals surface area contributed by atoms with E-state index in [1.165, 1.54) is 12.8 Å². The van der Waals surface area contributed by atoms with Crippen LogP contribution in [0.3, 0.4) is 0 Å². The highest BCUT2D eigenvalue weighted by Gasteiger charge is 2.26. The van der Waals surface area contributed by atoms with Gasteiger partial charge in [-0.05, 0) is 47.2 Å². The van der Waals surface area contributed by atoms with Crippen LogP contribution in [0.1, 0.15) is 33.6 Å². The molecule has 1 saturated heterocycles. The van der Waals surface area contributed by atoms with E-state index in [2.05, 4.69) is 31.0 Å². The molecule has 0 amide bonds. The van der Waals surface area contributed by atoms with E-state index >= 15 is 0 Å². The predicted molar refractivity (Wildman–Crippen MR) is 64.2 cm³/mol. The third kappa shape index (κ3) is 4.09. The SMILES string of the molecule is CNCCCC(C)N1CC(C)OCC1C. The minimum atomic E-state index is 0.396. The number of ether oxygens (including phenoxy) is 1. The normalized spacial score (nSPS) is 30.4. The average Bonchev–Trinajstić information content (AvgIpc) is 2.22. The number of hydrogen-bond donors (Lipinski definition) is 1. The van der Waals surface area contributed by atoms with Crippen molar-refractivity contribution in [3.63, 3.8) is 0 Å². The Bertz CT molecular complexity index is 175. The van der Waals surface area contributed by atoms with Crippen molar-refractivity contribution in [1.82, 2.24) is 10.2 Å². The summed E-state index contributed by atoms with van der Waals surface area (Å²) in [5, 5.41) is 3.20. The lowest BCUT2D eigenvalue weighted by Crippen LogP contribution is -2.51. The van der Waals surface area contributed by atoms with Crippen molar-refractivity contribution < 1.29 is 4.74 Å². The maximum absolute atomic E-state index is 5.64. The van der Waals surface area contributed by atoms with Crippen molar-refractivity contribution in [2.75, 3.05) is 26.7 Å². The van der Waals surface area contributed by atoms with Crippen LogP contribution in [0.2, 0.25) is 0 Å². The second kappa shape index (κ2) is 6.46. The predicted octanol–water partition coefficient (Wildman–Crippen LogP) is 1.48. The lowest BCUT2D eigenvalue weighted by Gasteiger charge is -2.40. The molecule has 0 aromatic carbocycles. The van der Waals surface area contributed by atoms with Gasteiger partial charge in [-0.1, -0.05) is 0 Å². The minimum absolute atomic E-state index is 0.396. The molecule has 1 aliphatic heterocycles. The standard InChI is InChI=1S/C12H26N2O/c1-10(6-5-7-13-4)14-8-12(3)15-9-11(14)2/h10-13H,5-9H2,1-4H3. The Balaban J connectivity index is 2.32. The van der Waals surface area contributed by atoms with Gasteiger partial charge in [-0.3, -0.25) is 4.90 Å². The van der Waals surface area contributed by atoms with E-state index in [0.717, 1.165) is 19.7 Å². The molecule has 3 atom stereocenters. The zero-order valence-corrected chi connectivity index (χ0v) is 10.6. The summed E-state index contributed by atoms with van der Waals surface area (Å²) in [5.74, 6) is 0. The maximum atomic E-state index is 5.64. The third-order valence-electron chi connectivity index (χ3n) is 3.27. The van der Waals surface area contributed by atoms with Gasteiger partial charge < -0.3 is 10.1 Å². The monoisotopic (exact) mass is 214 g/mol. The van der Waals surface area contributed by atoms with Gasteiger partial charge in [-0.25, -0.2) is 0 Å². The molecule has 1 fully saturated rings. The molecule has 3 heteroatoms. The van der Waals surface area contributed by atoms with Gasteiger partial charge >= 0.3 is 0 Å². The lowest BCUT2D eigenvalue weighted by molar-refractivity contribution is -0.0645. The van der Waals surface area contributed by atoms with E-state index < -0.39 is 0 Å². The van der Waals surface area contributed by atoms with Crippen molar-refractivity contribution in [3.8, 4) is 0 Å². The fraction of sp³-hybridized carbons (Fsp3) is 1.00. The van der Waals surface area contributed by atoms with Crippen LogP contribution >= 0.6 is 0 Å². The fourth-order valence-electron chi connectivity index (χ4n) is 2.28. The van der Waals surface area contributed by atoms with Gasteiger partial charge in [-0.15, -0.1) is 0 Å². The first-order chi connectivity index (χ1) is 7.15. The van der Waals surface area contributed by atoms with E-state index in [1.807, 2.05) is 7.05 Å². The van der Waals surface area contributed by atoms with Crippen molar-refractivity contribution >= 4 is 0 Å². The first-order valence-electron chi connectivity index (χ1n) is 6.17. The van der Waals surface area contributed by atoms with E-state index in [1.54, 1.807) is 0 Å². The zero-order valence-electron chi connectivity index (χ0n) is 10.6. The molecule has 1 heterocycles. The Kier molecular flexibility index (Phi) is 5.58. The summed E-state index contributed by atoms with van der Waals surface area (Å²) >= 11 is 0. The summed E-state index contributed by atoms with van der Waals surface area (Å²) in [6.07, 6.45) is 2.93. The van der Waals surface area contributed by atoms with Crippen LogP contribution in [0, 0.1) is 0 Å². The molecule has 1 rings (SSSR count). The van der Waals surface area contributed by atoms with Crippen LogP contribution < -0.4 is 5.32 Å². The molecule has 3 unspecified atom stereocenters. The van der Waals surface area contributed by atoms with Crippen LogP contribution in [0.25, 0.3) is 0 Å². The first-order valence-corrected chi connectivity index (χ1v) is 6.17. The quantitative estimate of drug-likeness (QED) is 0.702. The molecule has 0 spiro atoms. The smallest absolute Gasteiger partial charge is 0.0674 e. The van der Waals surface area contributed by atoms with Crippen LogP contribution in [0.5, 0.6) is 0 Å². The number of nitrogens with zero attached hydrogens (tertiary/aromatic N) is 1. The molecule has 0 saturated carbocycles. The second-order valence-electron chi connectivity index (χ2n) is 4.78. The summed E-state index contributed by atoms with van der Waals surface area (Å²) in [7, 11) is 2.02. The van der Waals surface area contributed by atoms with Crippen LogP contribution in [-0.2, 0) is 4.74 Å². The largest absolute Gasteiger partial charge is 0.376 e. The van der Waals surface area contributed by atoms with Gasteiger partial charge in [-0.2, -0.15) is 0 Å². The van der Waals surface area contributed by atoms with Gasteiger partial charge in [0.25, 0.3) is 0 Å². The Hall–Kier alpha value is -0.120. The highest BCUT2D eigenvalue weighted by atomic mass is 16.5. The van der Waals surface area contributed by atoms with Gasteiger partial charge in [0.05, 0.1) is 12.7 Å². The molecule has 0 aromatic heterocycles. The van der Waals surface area contributed by atoms with E-state index in [0.29, 0.717) is 18.2 Å². The first kappa shape index (κ1) is 12.9. The third-order valence-corrected chi connectivity index (χ3v) is 3.27. The van der Waals surface area contributed by atoms with Crippen LogP contribution in [0.15, 0.2) is 0 Å². The average molecular weight is 214 g/mol. The van der Waals surface area contributed by atoms with Gasteiger partial charge in [0.15, 0.2) is 0 Å². The van der Waals surface area contributed by atoms with Crippen molar-refractivity contribution in [1.29, 1.82) is 0 Å². The van der Waals surface area contributed by atoms with E-state index in [9.17, 15) is 0 Å². The Morgan fingerprint density at radius 3 is 2.87 bits per heavy atom. The summed E-state index contributed by atoms with van der Waals surface area (Å²) < 4.78 is 5.64. The van der Waals surface area contributed by atoms with Crippen molar-refractivity contribution in [2.24, 2.45) is 0 Å². The molecule has 0 aliphatic carbocycles. The van der Waals surface area contributed by atoms with Gasteiger partial charge in [0.1, 0.15) is 0 Å². The Labute approximate surface area is 94.2 Å². The number of morpholine rings is 1. The Morgan fingerprint density at radius 1 is 1.47 bits per heavy atom. The maximum Gasteiger partial charge on any atom is 0.0674 e. The number of rotatable bonds is 5. The van der Waals surface area contributed by atoms with Crippen molar-refractivity contribution in [3.05, 3.63) is 0 Å². The second-order valence-corrected chi connectivity index (χ2v) is 4.78. The summed E-state index contributed by atoms with van der Waals surface area (Å²) in [6.45, 7) is 9.86. The molecule has 0 bridgehead atoms. The van der Waals surface area contributed by atoms with E-state index in [-0.39, 0.29) is 0 Å².